The van der Waals surface area contributed by atoms with Crippen LogP contribution in [0.25, 0.3) is 23.3 Å². The van der Waals surface area contributed by atoms with Gasteiger partial charge in [-0.05, 0) is 95.1 Å². The van der Waals surface area contributed by atoms with Gasteiger partial charge in [0.15, 0.2) is 0 Å². The van der Waals surface area contributed by atoms with E-state index >= 15 is 0 Å². The Morgan fingerprint density at radius 2 is 0.478 bits per heavy atom. The molecular formula is C44H34N2. The molecule has 0 bridgehead atoms. The highest BCUT2D eigenvalue weighted by Gasteiger charge is 2.13. The van der Waals surface area contributed by atoms with Crippen LogP contribution in [0, 0.1) is 0 Å². The van der Waals surface area contributed by atoms with E-state index in [1.54, 1.807) is 0 Å². The molecule has 0 saturated heterocycles. The number of benzene rings is 7. The zero-order chi connectivity index (χ0) is 31.0. The van der Waals surface area contributed by atoms with Crippen LogP contribution in [0.15, 0.2) is 194 Å². The van der Waals surface area contributed by atoms with E-state index in [4.69, 9.17) is 0 Å². The van der Waals surface area contributed by atoms with Crippen LogP contribution < -0.4 is 9.80 Å². The number of rotatable bonds is 9. The summed E-state index contributed by atoms with van der Waals surface area (Å²) in [6.07, 6.45) is 4.34. The average Bonchev–Trinajstić information content (AvgIpc) is 3.14. The first-order chi connectivity index (χ1) is 22.8. The fourth-order valence-corrected chi connectivity index (χ4v) is 5.72. The Bertz CT molecular complexity index is 1900. The third-order valence-corrected chi connectivity index (χ3v) is 8.05. The predicted molar refractivity (Wildman–Crippen MR) is 197 cm³/mol. The number of hydrogen-bond acceptors (Lipinski definition) is 2. The van der Waals surface area contributed by atoms with Crippen LogP contribution in [-0.4, -0.2) is 0 Å². The monoisotopic (exact) mass is 590 g/mol. The Labute approximate surface area is 271 Å². The lowest BCUT2D eigenvalue weighted by atomic mass is 10.0. The van der Waals surface area contributed by atoms with Crippen molar-refractivity contribution in [3.05, 3.63) is 205 Å². The summed E-state index contributed by atoms with van der Waals surface area (Å²) >= 11 is 0. The normalized spacial score (nSPS) is 11.0. The Hall–Kier alpha value is -6.12. The summed E-state index contributed by atoms with van der Waals surface area (Å²) in [5.41, 5.74) is 11.5. The van der Waals surface area contributed by atoms with Crippen molar-refractivity contribution in [1.29, 1.82) is 0 Å². The molecule has 2 nitrogen and oxygen atoms in total. The molecule has 46 heavy (non-hydrogen) atoms. The first-order valence-corrected chi connectivity index (χ1v) is 15.6. The van der Waals surface area contributed by atoms with E-state index in [1.165, 1.54) is 16.7 Å². The highest BCUT2D eigenvalue weighted by Crippen LogP contribution is 2.36. The van der Waals surface area contributed by atoms with Crippen LogP contribution in [0.3, 0.4) is 0 Å². The van der Waals surface area contributed by atoms with E-state index in [2.05, 4.69) is 216 Å². The van der Waals surface area contributed by atoms with Gasteiger partial charge in [-0.15, -0.1) is 0 Å². The molecule has 0 amide bonds. The molecule has 7 aromatic carbocycles. The number of nitrogens with zero attached hydrogens (tertiary/aromatic N) is 2. The van der Waals surface area contributed by atoms with Crippen molar-refractivity contribution in [3.63, 3.8) is 0 Å². The maximum atomic E-state index is 2.28. The fourth-order valence-electron chi connectivity index (χ4n) is 5.72. The minimum absolute atomic E-state index is 1.13. The zero-order valence-corrected chi connectivity index (χ0v) is 25.5. The standard InChI is InChI=1S/C44H34N2/c1-5-13-39(14-6-1)45(40-15-7-2-8-16-40)43-31-25-36(26-32-43)22-21-35-23-27-37(28-24-35)38-29-33-44(34-30-38)46(41-17-9-3-10-18-41)42-19-11-4-12-20-42/h1-34H/b22-21+. The molecule has 0 heterocycles. The smallest absolute Gasteiger partial charge is 0.0462 e. The molecule has 0 atom stereocenters. The lowest BCUT2D eigenvalue weighted by Crippen LogP contribution is -2.09. The second kappa shape index (κ2) is 13.7. The van der Waals surface area contributed by atoms with Crippen LogP contribution in [0.4, 0.5) is 34.1 Å². The summed E-state index contributed by atoms with van der Waals surface area (Å²) in [6.45, 7) is 0. The predicted octanol–water partition coefficient (Wildman–Crippen LogP) is 12.5. The minimum Gasteiger partial charge on any atom is -0.311 e. The Morgan fingerprint density at radius 3 is 0.804 bits per heavy atom. The highest BCUT2D eigenvalue weighted by molar-refractivity contribution is 5.80. The number of hydrogen-bond donors (Lipinski definition) is 0. The van der Waals surface area contributed by atoms with Gasteiger partial charge in [-0.2, -0.15) is 0 Å². The molecule has 0 saturated carbocycles. The molecule has 2 heteroatoms. The lowest BCUT2D eigenvalue weighted by molar-refractivity contribution is 1.28. The molecule has 0 radical (unpaired) electrons. The van der Waals surface area contributed by atoms with Crippen LogP contribution in [0.2, 0.25) is 0 Å². The average molecular weight is 591 g/mol. The summed E-state index contributed by atoms with van der Waals surface area (Å²) in [5, 5.41) is 0. The van der Waals surface area contributed by atoms with Crippen molar-refractivity contribution in [2.75, 3.05) is 9.80 Å². The molecule has 220 valence electrons. The molecule has 0 aliphatic rings. The largest absolute Gasteiger partial charge is 0.311 e. The second-order valence-electron chi connectivity index (χ2n) is 11.1. The van der Waals surface area contributed by atoms with Crippen LogP contribution in [0.1, 0.15) is 11.1 Å². The van der Waals surface area contributed by atoms with Crippen molar-refractivity contribution in [1.82, 2.24) is 0 Å². The maximum Gasteiger partial charge on any atom is 0.0462 e. The van der Waals surface area contributed by atoms with Gasteiger partial charge in [0.25, 0.3) is 0 Å². The molecule has 0 aliphatic heterocycles. The quantitative estimate of drug-likeness (QED) is 0.154. The summed E-state index contributed by atoms with van der Waals surface area (Å²) in [7, 11) is 0. The van der Waals surface area contributed by atoms with E-state index in [9.17, 15) is 0 Å². The summed E-state index contributed by atoms with van der Waals surface area (Å²) in [5.74, 6) is 0. The molecule has 7 rings (SSSR count). The highest BCUT2D eigenvalue weighted by atomic mass is 15.1. The number of para-hydroxylation sites is 4. The van der Waals surface area contributed by atoms with Crippen LogP contribution in [-0.2, 0) is 0 Å². The van der Waals surface area contributed by atoms with Crippen molar-refractivity contribution in [3.8, 4) is 11.1 Å². The van der Waals surface area contributed by atoms with Crippen LogP contribution in [0.5, 0.6) is 0 Å². The van der Waals surface area contributed by atoms with Crippen molar-refractivity contribution < 1.29 is 0 Å². The van der Waals surface area contributed by atoms with Gasteiger partial charge in [0.05, 0.1) is 0 Å². The lowest BCUT2D eigenvalue weighted by Gasteiger charge is -2.25. The van der Waals surface area contributed by atoms with Crippen LogP contribution >= 0.6 is 0 Å². The third-order valence-electron chi connectivity index (χ3n) is 8.05. The molecule has 0 spiro atoms. The number of anilines is 6. The Kier molecular flexibility index (Phi) is 8.51. The summed E-state index contributed by atoms with van der Waals surface area (Å²) in [4.78, 5) is 4.56. The van der Waals surface area contributed by atoms with Gasteiger partial charge in [-0.25, -0.2) is 0 Å². The van der Waals surface area contributed by atoms with Gasteiger partial charge in [-0.3, -0.25) is 0 Å². The van der Waals surface area contributed by atoms with E-state index in [1.807, 2.05) is 0 Å². The van der Waals surface area contributed by atoms with Gasteiger partial charge < -0.3 is 9.80 Å². The van der Waals surface area contributed by atoms with Gasteiger partial charge in [0.2, 0.25) is 0 Å². The van der Waals surface area contributed by atoms with E-state index in [0.717, 1.165) is 39.7 Å². The first-order valence-electron chi connectivity index (χ1n) is 15.6. The fraction of sp³-hybridized carbons (Fsp3) is 0. The molecule has 0 aromatic heterocycles. The van der Waals surface area contributed by atoms with Gasteiger partial charge in [0, 0.05) is 34.1 Å². The molecule has 7 aromatic rings. The van der Waals surface area contributed by atoms with Gasteiger partial charge in [0.1, 0.15) is 0 Å². The van der Waals surface area contributed by atoms with Crippen molar-refractivity contribution in [2.45, 2.75) is 0 Å². The molecular weight excluding hydrogens is 556 g/mol. The minimum atomic E-state index is 1.13. The van der Waals surface area contributed by atoms with E-state index in [0.29, 0.717) is 0 Å². The third kappa shape index (κ3) is 6.52. The second-order valence-corrected chi connectivity index (χ2v) is 11.1. The zero-order valence-electron chi connectivity index (χ0n) is 25.5. The first kappa shape index (κ1) is 28.6. The molecule has 0 fully saturated rings. The molecule has 0 N–H and O–H groups in total. The SMILES string of the molecule is C(=C\c1ccc(N(c2ccccc2)c2ccccc2)cc1)/c1ccc(-c2ccc(N(c3ccccc3)c3ccccc3)cc2)cc1. The van der Waals surface area contributed by atoms with Crippen molar-refractivity contribution >= 4 is 46.3 Å². The summed E-state index contributed by atoms with van der Waals surface area (Å²) in [6, 6.07) is 68.3. The van der Waals surface area contributed by atoms with Gasteiger partial charge >= 0.3 is 0 Å². The topological polar surface area (TPSA) is 6.48 Å². The molecule has 0 aliphatic carbocycles. The Morgan fingerprint density at radius 1 is 0.239 bits per heavy atom. The van der Waals surface area contributed by atoms with Gasteiger partial charge in [-0.1, -0.05) is 133 Å². The van der Waals surface area contributed by atoms with E-state index < -0.39 is 0 Å². The van der Waals surface area contributed by atoms with Crippen molar-refractivity contribution in [2.24, 2.45) is 0 Å². The van der Waals surface area contributed by atoms with E-state index in [-0.39, 0.29) is 0 Å². The summed E-state index contributed by atoms with van der Waals surface area (Å²) < 4.78 is 0. The maximum absolute atomic E-state index is 2.28. The molecule has 0 unspecified atom stereocenters. The Balaban J connectivity index is 1.06.